The molecule has 0 aliphatic carbocycles. The molecule has 0 radical (unpaired) electrons. The molecular weight excluding hydrogens is 357 g/mol. The quantitative estimate of drug-likeness (QED) is 0.467. The number of carbonyl (C=O) groups excluding carboxylic acids is 1. The van der Waals surface area contributed by atoms with Crippen molar-refractivity contribution in [2.24, 2.45) is 4.99 Å². The summed E-state index contributed by atoms with van der Waals surface area (Å²) in [5, 5.41) is 1.96. The van der Waals surface area contributed by atoms with Gasteiger partial charge in [0.15, 0.2) is 5.70 Å². The lowest BCUT2D eigenvalue weighted by atomic mass is 10.2. The Bertz CT molecular complexity index is 986. The highest BCUT2D eigenvalue weighted by Crippen LogP contribution is 2.38. The second-order valence-corrected chi connectivity index (χ2v) is 6.60. The number of halogens is 2. The molecule has 1 aliphatic rings. The molecule has 1 aromatic carbocycles. The molecule has 2 aromatic heterocycles. The topological polar surface area (TPSA) is 51.8 Å². The van der Waals surface area contributed by atoms with E-state index in [-0.39, 0.29) is 11.6 Å². The standard InChI is InChI=1S/C16H7Cl2NO3S/c17-8-3-4-10-12(6-8)23-14(13(10)18)15-19-11(16(20)22-15)7-9-2-1-5-21-9/h1-7H/b11-7+. The maximum Gasteiger partial charge on any atom is 0.363 e. The van der Waals surface area contributed by atoms with Crippen molar-refractivity contribution >= 4 is 62.6 Å². The van der Waals surface area contributed by atoms with Crippen LogP contribution in [0.25, 0.3) is 16.2 Å². The van der Waals surface area contributed by atoms with Gasteiger partial charge in [-0.05, 0) is 24.3 Å². The van der Waals surface area contributed by atoms with Crippen LogP contribution in [0.4, 0.5) is 0 Å². The van der Waals surface area contributed by atoms with Gasteiger partial charge in [0.25, 0.3) is 0 Å². The number of furan rings is 1. The maximum absolute atomic E-state index is 12.0. The first-order valence-electron chi connectivity index (χ1n) is 6.56. The number of ether oxygens (including phenoxy) is 1. The van der Waals surface area contributed by atoms with E-state index in [9.17, 15) is 4.79 Å². The minimum absolute atomic E-state index is 0.168. The van der Waals surface area contributed by atoms with E-state index in [0.717, 1.165) is 10.1 Å². The molecule has 4 rings (SSSR count). The first-order valence-corrected chi connectivity index (χ1v) is 8.13. The third-order valence-electron chi connectivity index (χ3n) is 3.23. The third-order valence-corrected chi connectivity index (χ3v) is 5.11. The molecule has 23 heavy (non-hydrogen) atoms. The molecule has 0 N–H and O–H groups in total. The number of hydrogen-bond acceptors (Lipinski definition) is 5. The Morgan fingerprint density at radius 1 is 1.22 bits per heavy atom. The lowest BCUT2D eigenvalue weighted by Crippen LogP contribution is -2.04. The van der Waals surface area contributed by atoms with Crippen LogP contribution in [-0.2, 0) is 9.53 Å². The molecule has 0 bridgehead atoms. The van der Waals surface area contributed by atoms with E-state index in [1.807, 2.05) is 12.1 Å². The zero-order chi connectivity index (χ0) is 16.0. The van der Waals surface area contributed by atoms with Crippen LogP contribution in [0.2, 0.25) is 10.0 Å². The van der Waals surface area contributed by atoms with Crippen LogP contribution in [0.15, 0.2) is 51.7 Å². The van der Waals surface area contributed by atoms with Crippen LogP contribution in [0.3, 0.4) is 0 Å². The molecule has 4 nitrogen and oxygen atoms in total. The third kappa shape index (κ3) is 2.57. The van der Waals surface area contributed by atoms with E-state index in [1.54, 1.807) is 18.2 Å². The zero-order valence-corrected chi connectivity index (χ0v) is 13.7. The van der Waals surface area contributed by atoms with Crippen molar-refractivity contribution in [1.29, 1.82) is 0 Å². The van der Waals surface area contributed by atoms with Crippen molar-refractivity contribution < 1.29 is 13.9 Å². The van der Waals surface area contributed by atoms with Gasteiger partial charge in [0, 0.05) is 21.2 Å². The molecular formula is C16H7Cl2NO3S. The summed E-state index contributed by atoms with van der Waals surface area (Å²) in [5.41, 5.74) is 0.168. The highest BCUT2D eigenvalue weighted by Gasteiger charge is 2.28. The molecule has 0 atom stereocenters. The maximum atomic E-state index is 12.0. The highest BCUT2D eigenvalue weighted by atomic mass is 35.5. The van der Waals surface area contributed by atoms with E-state index in [2.05, 4.69) is 4.99 Å². The Labute approximate surface area is 144 Å². The van der Waals surface area contributed by atoms with E-state index in [0.29, 0.717) is 20.7 Å². The number of carbonyl (C=O) groups is 1. The second-order valence-electron chi connectivity index (χ2n) is 4.74. The van der Waals surface area contributed by atoms with Gasteiger partial charge in [-0.1, -0.05) is 29.3 Å². The number of aliphatic imine (C=N–C) groups is 1. The molecule has 0 saturated heterocycles. The van der Waals surface area contributed by atoms with E-state index in [1.165, 1.54) is 23.7 Å². The Kier molecular flexibility index (Phi) is 3.49. The largest absolute Gasteiger partial charge is 0.465 e. The predicted molar refractivity (Wildman–Crippen MR) is 91.2 cm³/mol. The first-order chi connectivity index (χ1) is 11.1. The monoisotopic (exact) mass is 363 g/mol. The van der Waals surface area contributed by atoms with Crippen molar-refractivity contribution in [3.8, 4) is 0 Å². The fourth-order valence-electron chi connectivity index (χ4n) is 2.19. The van der Waals surface area contributed by atoms with Crippen molar-refractivity contribution in [2.45, 2.75) is 0 Å². The van der Waals surface area contributed by atoms with Gasteiger partial charge in [-0.15, -0.1) is 11.3 Å². The summed E-state index contributed by atoms with van der Waals surface area (Å²) >= 11 is 13.8. The summed E-state index contributed by atoms with van der Waals surface area (Å²) in [6.45, 7) is 0. The van der Waals surface area contributed by atoms with Gasteiger partial charge in [-0.25, -0.2) is 9.79 Å². The Hall–Kier alpha value is -2.08. The molecule has 0 spiro atoms. The number of cyclic esters (lactones) is 1. The average Bonchev–Trinajstić information content (AvgIpc) is 3.21. The normalized spacial score (nSPS) is 16.2. The van der Waals surface area contributed by atoms with Crippen molar-refractivity contribution in [3.05, 3.63) is 63.0 Å². The average molecular weight is 364 g/mol. The molecule has 0 fully saturated rings. The lowest BCUT2D eigenvalue weighted by molar-refractivity contribution is -0.129. The fourth-order valence-corrected chi connectivity index (χ4v) is 3.91. The van der Waals surface area contributed by atoms with Gasteiger partial charge in [0.1, 0.15) is 10.6 Å². The van der Waals surface area contributed by atoms with Gasteiger partial charge in [0.2, 0.25) is 5.90 Å². The molecule has 114 valence electrons. The molecule has 3 aromatic rings. The second kappa shape index (κ2) is 5.53. The fraction of sp³-hybridized carbons (Fsp3) is 0. The van der Waals surface area contributed by atoms with Crippen LogP contribution in [0, 0.1) is 0 Å². The van der Waals surface area contributed by atoms with Crippen LogP contribution >= 0.6 is 34.5 Å². The predicted octanol–water partition coefficient (Wildman–Crippen LogP) is 5.15. The number of benzene rings is 1. The van der Waals surface area contributed by atoms with E-state index >= 15 is 0 Å². The number of esters is 1. The molecule has 0 saturated carbocycles. The number of rotatable bonds is 2. The zero-order valence-electron chi connectivity index (χ0n) is 11.4. The number of thiophene rings is 1. The smallest absolute Gasteiger partial charge is 0.363 e. The summed E-state index contributed by atoms with van der Waals surface area (Å²) in [5.74, 6) is 0.175. The van der Waals surface area contributed by atoms with E-state index < -0.39 is 5.97 Å². The molecule has 7 heteroatoms. The summed E-state index contributed by atoms with van der Waals surface area (Å²) in [6, 6.07) is 8.86. The van der Waals surface area contributed by atoms with Gasteiger partial charge >= 0.3 is 5.97 Å². The van der Waals surface area contributed by atoms with Gasteiger partial charge in [-0.2, -0.15) is 0 Å². The molecule has 1 aliphatic heterocycles. The van der Waals surface area contributed by atoms with Crippen molar-refractivity contribution in [3.63, 3.8) is 0 Å². The van der Waals surface area contributed by atoms with Crippen LogP contribution in [0.5, 0.6) is 0 Å². The van der Waals surface area contributed by atoms with Crippen LogP contribution in [-0.4, -0.2) is 11.9 Å². The van der Waals surface area contributed by atoms with Gasteiger partial charge in [0.05, 0.1) is 11.3 Å². The van der Waals surface area contributed by atoms with Gasteiger partial charge < -0.3 is 9.15 Å². The minimum atomic E-state index is -0.539. The summed E-state index contributed by atoms with van der Waals surface area (Å²) in [4.78, 5) is 16.8. The van der Waals surface area contributed by atoms with Crippen molar-refractivity contribution in [1.82, 2.24) is 0 Å². The Morgan fingerprint density at radius 3 is 2.87 bits per heavy atom. The minimum Gasteiger partial charge on any atom is -0.465 e. The van der Waals surface area contributed by atoms with Crippen LogP contribution in [0.1, 0.15) is 10.6 Å². The van der Waals surface area contributed by atoms with Crippen LogP contribution < -0.4 is 0 Å². The molecule has 0 amide bonds. The molecule has 0 unspecified atom stereocenters. The number of hydrogen-bond donors (Lipinski definition) is 0. The van der Waals surface area contributed by atoms with Gasteiger partial charge in [-0.3, -0.25) is 0 Å². The number of nitrogens with zero attached hydrogens (tertiary/aromatic N) is 1. The van der Waals surface area contributed by atoms with E-state index in [4.69, 9.17) is 32.4 Å². The Balaban J connectivity index is 1.79. The summed E-state index contributed by atoms with van der Waals surface area (Å²) in [6.07, 6.45) is 3.04. The summed E-state index contributed by atoms with van der Waals surface area (Å²) < 4.78 is 11.3. The number of fused-ring (bicyclic) bond motifs is 1. The SMILES string of the molecule is O=C1OC(c2sc3cc(Cl)ccc3c2Cl)=N/C1=C/c1ccco1. The lowest BCUT2D eigenvalue weighted by Gasteiger charge is -1.95. The molecule has 3 heterocycles. The van der Waals surface area contributed by atoms with Crippen molar-refractivity contribution in [2.75, 3.05) is 0 Å². The summed E-state index contributed by atoms with van der Waals surface area (Å²) in [7, 11) is 0. The Morgan fingerprint density at radius 2 is 2.09 bits per heavy atom. The highest BCUT2D eigenvalue weighted by molar-refractivity contribution is 7.21. The first kappa shape index (κ1) is 14.5.